The Morgan fingerprint density at radius 3 is 2.85 bits per heavy atom. The second-order valence-electron chi connectivity index (χ2n) is 12.5. The Bertz CT molecular complexity index is 1380. The Morgan fingerprint density at radius 2 is 2.00 bits per heavy atom. The van der Waals surface area contributed by atoms with E-state index < -0.39 is 12.2 Å². The molecule has 2 saturated carbocycles. The first kappa shape index (κ1) is 26.0. The molecule has 0 radical (unpaired) electrons. The Balaban J connectivity index is 1.06. The summed E-state index contributed by atoms with van der Waals surface area (Å²) in [6, 6.07) is 8.49. The molecule has 2 N–H and O–H groups in total. The van der Waals surface area contributed by atoms with Gasteiger partial charge in [-0.1, -0.05) is 24.8 Å². The Morgan fingerprint density at radius 1 is 1.12 bits per heavy atom. The van der Waals surface area contributed by atoms with Gasteiger partial charge in [0.05, 0.1) is 19.3 Å². The summed E-state index contributed by atoms with van der Waals surface area (Å²) < 4.78 is 23.2. The van der Waals surface area contributed by atoms with Crippen molar-refractivity contribution in [1.29, 1.82) is 0 Å². The number of nitrogens with zero attached hydrogens (tertiary/aromatic N) is 1. The number of likely N-dealkylation sites (N-methyl/N-ethyl adjacent to an activating group) is 1. The van der Waals surface area contributed by atoms with E-state index in [1.165, 1.54) is 16.7 Å². The van der Waals surface area contributed by atoms with Gasteiger partial charge in [-0.3, -0.25) is 4.90 Å². The van der Waals surface area contributed by atoms with Gasteiger partial charge in [-0.15, -0.1) is 0 Å². The fourth-order valence-corrected chi connectivity index (χ4v) is 8.51. The summed E-state index contributed by atoms with van der Waals surface area (Å²) >= 11 is 0. The van der Waals surface area contributed by atoms with E-state index in [1.54, 1.807) is 7.11 Å². The van der Waals surface area contributed by atoms with E-state index in [-0.39, 0.29) is 18.2 Å². The standard InChI is InChI=1S/C33H39NO6/c1-33-12-10-23-22-9-7-21(15-19(22)6-8-24(23)25(33)17-27(35)32(33)36)38-14-4-5-26-29-20(11-13-34(26)2)16-28-30(31(29)37-3)40-18-39-28/h7,9,15-16,23-27,32,35-36H,6,8,10-14,17-18H2,1-3H3/t23-,24-,25+,26-,27-,32+,33+/m1/s1. The zero-order chi connectivity index (χ0) is 27.6. The lowest BCUT2D eigenvalue weighted by atomic mass is 9.55. The molecule has 2 aromatic carbocycles. The summed E-state index contributed by atoms with van der Waals surface area (Å²) in [5.41, 5.74) is 4.90. The Hall–Kier alpha value is -2.92. The lowest BCUT2D eigenvalue weighted by molar-refractivity contribution is -0.0505. The van der Waals surface area contributed by atoms with Crippen LogP contribution < -0.4 is 18.9 Å². The minimum atomic E-state index is -0.595. The van der Waals surface area contributed by atoms with Gasteiger partial charge in [0.1, 0.15) is 18.4 Å². The summed E-state index contributed by atoms with van der Waals surface area (Å²) in [5, 5.41) is 21.1. The molecule has 0 spiro atoms. The van der Waals surface area contributed by atoms with Crippen LogP contribution in [0.25, 0.3) is 0 Å². The number of ether oxygens (including phenoxy) is 4. The van der Waals surface area contributed by atoms with Gasteiger partial charge in [0.25, 0.3) is 0 Å². The molecule has 7 rings (SSSR count). The average Bonchev–Trinajstić information content (AvgIpc) is 3.52. The van der Waals surface area contributed by atoms with Crippen molar-refractivity contribution in [3.8, 4) is 34.8 Å². The summed E-state index contributed by atoms with van der Waals surface area (Å²) in [4.78, 5) is 2.24. The van der Waals surface area contributed by atoms with Gasteiger partial charge >= 0.3 is 0 Å². The van der Waals surface area contributed by atoms with Gasteiger partial charge in [-0.05, 0) is 104 Å². The monoisotopic (exact) mass is 545 g/mol. The number of benzene rings is 2. The third kappa shape index (κ3) is 3.99. The third-order valence-electron chi connectivity index (χ3n) is 10.6. The zero-order valence-electron chi connectivity index (χ0n) is 23.6. The topological polar surface area (TPSA) is 80.6 Å². The molecule has 5 aliphatic rings. The van der Waals surface area contributed by atoms with Crippen LogP contribution in [-0.4, -0.2) is 61.4 Å². The van der Waals surface area contributed by atoms with Crippen molar-refractivity contribution >= 4 is 0 Å². The van der Waals surface area contributed by atoms with Crippen molar-refractivity contribution in [2.45, 2.75) is 69.6 Å². The lowest BCUT2D eigenvalue weighted by Gasteiger charge is -2.49. The van der Waals surface area contributed by atoms with Crippen molar-refractivity contribution < 1.29 is 29.2 Å². The summed E-state index contributed by atoms with van der Waals surface area (Å²) in [5.74, 6) is 11.1. The normalized spacial score (nSPS) is 33.6. The molecule has 40 heavy (non-hydrogen) atoms. The zero-order valence-corrected chi connectivity index (χ0v) is 23.6. The van der Waals surface area contributed by atoms with Gasteiger partial charge in [-0.25, -0.2) is 0 Å². The molecule has 7 atom stereocenters. The largest absolute Gasteiger partial charge is 0.492 e. The highest BCUT2D eigenvalue weighted by Gasteiger charge is 2.57. The number of aliphatic hydroxyl groups is 2. The highest BCUT2D eigenvalue weighted by atomic mass is 16.7. The summed E-state index contributed by atoms with van der Waals surface area (Å²) in [7, 11) is 3.76. The quantitative estimate of drug-likeness (QED) is 0.559. The van der Waals surface area contributed by atoms with Crippen LogP contribution in [0.4, 0.5) is 0 Å². The fourth-order valence-electron chi connectivity index (χ4n) is 8.51. The van der Waals surface area contributed by atoms with E-state index in [0.29, 0.717) is 30.1 Å². The first-order valence-electron chi connectivity index (χ1n) is 14.7. The molecule has 2 aliphatic heterocycles. The van der Waals surface area contributed by atoms with Crippen LogP contribution in [0.3, 0.4) is 0 Å². The predicted octanol–water partition coefficient (Wildman–Crippen LogP) is 4.22. The van der Waals surface area contributed by atoms with Crippen molar-refractivity contribution in [3.63, 3.8) is 0 Å². The van der Waals surface area contributed by atoms with Crippen LogP contribution in [-0.2, 0) is 12.8 Å². The number of aryl methyl sites for hydroxylation is 1. The first-order chi connectivity index (χ1) is 19.4. The van der Waals surface area contributed by atoms with Crippen molar-refractivity contribution in [3.05, 3.63) is 46.5 Å². The number of fused-ring (bicyclic) bond motifs is 7. The van der Waals surface area contributed by atoms with Gasteiger partial charge in [0, 0.05) is 12.1 Å². The number of rotatable bonds is 3. The van der Waals surface area contributed by atoms with Crippen molar-refractivity contribution in [2.24, 2.45) is 17.3 Å². The van der Waals surface area contributed by atoms with Crippen LogP contribution >= 0.6 is 0 Å². The maximum Gasteiger partial charge on any atom is 0.231 e. The molecule has 0 unspecified atom stereocenters. The van der Waals surface area contributed by atoms with Gasteiger partial charge < -0.3 is 29.2 Å². The molecular formula is C33H39NO6. The van der Waals surface area contributed by atoms with E-state index in [2.05, 4.69) is 55.0 Å². The molecule has 0 aromatic heterocycles. The molecule has 0 saturated heterocycles. The number of hydrogen-bond acceptors (Lipinski definition) is 7. The maximum absolute atomic E-state index is 10.7. The van der Waals surface area contributed by atoms with Crippen LogP contribution in [0.2, 0.25) is 0 Å². The minimum absolute atomic E-state index is 0.109. The smallest absolute Gasteiger partial charge is 0.231 e. The van der Waals surface area contributed by atoms with E-state index in [9.17, 15) is 10.2 Å². The molecule has 2 aromatic rings. The second-order valence-corrected chi connectivity index (χ2v) is 12.5. The minimum Gasteiger partial charge on any atom is -0.492 e. The van der Waals surface area contributed by atoms with Crippen LogP contribution in [0.1, 0.15) is 66.8 Å². The van der Waals surface area contributed by atoms with Gasteiger partial charge in [-0.2, -0.15) is 0 Å². The second kappa shape index (κ2) is 9.87. The lowest BCUT2D eigenvalue weighted by Crippen LogP contribution is -2.44. The number of methoxy groups -OCH3 is 1. The number of hydrogen-bond donors (Lipinski definition) is 2. The molecule has 0 bridgehead atoms. The van der Waals surface area contributed by atoms with Crippen LogP contribution in [0.5, 0.6) is 23.0 Å². The predicted molar refractivity (Wildman–Crippen MR) is 150 cm³/mol. The average molecular weight is 546 g/mol. The van der Waals surface area contributed by atoms with E-state index in [0.717, 1.165) is 67.9 Å². The molecule has 0 amide bonds. The molecule has 2 fully saturated rings. The Kier molecular flexibility index (Phi) is 6.42. The Labute approximate surface area is 236 Å². The van der Waals surface area contributed by atoms with E-state index in [4.69, 9.17) is 18.9 Å². The van der Waals surface area contributed by atoms with Gasteiger partial charge in [0.15, 0.2) is 11.5 Å². The van der Waals surface area contributed by atoms with Gasteiger partial charge in [0.2, 0.25) is 12.5 Å². The first-order valence-corrected chi connectivity index (χ1v) is 14.7. The molecule has 3 aliphatic carbocycles. The molecule has 212 valence electrons. The molecule has 2 heterocycles. The summed E-state index contributed by atoms with van der Waals surface area (Å²) in [6.07, 6.45) is 4.61. The van der Waals surface area contributed by atoms with Crippen LogP contribution in [0.15, 0.2) is 24.3 Å². The van der Waals surface area contributed by atoms with E-state index >= 15 is 0 Å². The summed E-state index contributed by atoms with van der Waals surface area (Å²) in [6.45, 7) is 3.62. The van der Waals surface area contributed by atoms with Crippen molar-refractivity contribution in [2.75, 3.05) is 34.1 Å². The number of aliphatic hydroxyl groups excluding tert-OH is 2. The maximum atomic E-state index is 10.7. The molecule has 7 nitrogen and oxygen atoms in total. The SMILES string of the molecule is COc1c2c(cc3c1[C@@H](C#CCOc1ccc4c(c1)CC[C@@H]1[C@@H]4CC[C@]4(C)[C@@H](O)[C@H](O)C[C@@H]14)N(C)CC3)OCO2. The highest BCUT2D eigenvalue weighted by Crippen LogP contribution is 2.61. The third-order valence-corrected chi connectivity index (χ3v) is 10.6. The van der Waals surface area contributed by atoms with E-state index in [1.807, 2.05) is 0 Å². The van der Waals surface area contributed by atoms with Crippen LogP contribution in [0, 0.1) is 29.1 Å². The fraction of sp³-hybridized carbons (Fsp3) is 0.576. The highest BCUT2D eigenvalue weighted by molar-refractivity contribution is 5.63. The van der Waals surface area contributed by atoms with Crippen molar-refractivity contribution in [1.82, 2.24) is 4.90 Å². The molecular weight excluding hydrogens is 506 g/mol. The molecule has 7 heteroatoms.